The van der Waals surface area contributed by atoms with Crippen LogP contribution in [0.15, 0.2) is 53.4 Å². The zero-order valence-corrected chi connectivity index (χ0v) is 15.8. The van der Waals surface area contributed by atoms with Gasteiger partial charge in [0.2, 0.25) is 10.0 Å². The highest BCUT2D eigenvalue weighted by atomic mass is 32.2. The number of aromatic carboxylic acids is 1. The van der Waals surface area contributed by atoms with Crippen molar-refractivity contribution in [2.45, 2.75) is 11.4 Å². The highest BCUT2D eigenvalue weighted by Crippen LogP contribution is 2.17. The molecule has 1 fully saturated rings. The van der Waals surface area contributed by atoms with Gasteiger partial charge in [0.15, 0.2) is 0 Å². The van der Waals surface area contributed by atoms with E-state index in [0.717, 1.165) is 5.56 Å². The van der Waals surface area contributed by atoms with Gasteiger partial charge in [-0.3, -0.25) is 4.79 Å². The van der Waals surface area contributed by atoms with Crippen molar-refractivity contribution >= 4 is 21.9 Å². The summed E-state index contributed by atoms with van der Waals surface area (Å²) in [5.74, 6) is -1.36. The van der Waals surface area contributed by atoms with Crippen molar-refractivity contribution < 1.29 is 27.9 Å². The van der Waals surface area contributed by atoms with Crippen LogP contribution >= 0.6 is 0 Å². The van der Waals surface area contributed by atoms with Gasteiger partial charge in [-0.2, -0.15) is 4.31 Å². The largest absolute Gasteiger partial charge is 0.478 e. The molecular weight excluding hydrogens is 384 g/mol. The smallest absolute Gasteiger partial charge is 0.335 e. The van der Waals surface area contributed by atoms with Crippen LogP contribution in [0.4, 0.5) is 0 Å². The van der Waals surface area contributed by atoms with Gasteiger partial charge in [-0.05, 0) is 42.0 Å². The van der Waals surface area contributed by atoms with E-state index in [1.165, 1.54) is 40.7 Å². The second-order valence-corrected chi connectivity index (χ2v) is 8.16. The van der Waals surface area contributed by atoms with Crippen molar-refractivity contribution in [1.29, 1.82) is 0 Å². The fourth-order valence-corrected chi connectivity index (χ4v) is 4.17. The van der Waals surface area contributed by atoms with Gasteiger partial charge >= 0.3 is 5.97 Å². The highest BCUT2D eigenvalue weighted by molar-refractivity contribution is 7.89. The average Bonchev–Trinajstić information content (AvgIpc) is 2.73. The summed E-state index contributed by atoms with van der Waals surface area (Å²) in [5.41, 5.74) is 1.26. The molecule has 148 valence electrons. The third kappa shape index (κ3) is 4.56. The van der Waals surface area contributed by atoms with Gasteiger partial charge in [-0.1, -0.05) is 12.1 Å². The molecule has 0 atom stereocenters. The molecule has 1 saturated heterocycles. The van der Waals surface area contributed by atoms with E-state index in [4.69, 9.17) is 9.84 Å². The zero-order chi connectivity index (χ0) is 20.1. The summed E-state index contributed by atoms with van der Waals surface area (Å²) >= 11 is 0. The van der Waals surface area contributed by atoms with Crippen molar-refractivity contribution in [3.8, 4) is 0 Å². The van der Waals surface area contributed by atoms with Crippen LogP contribution in [0.5, 0.6) is 0 Å². The molecule has 0 radical (unpaired) electrons. The Morgan fingerprint density at radius 1 is 0.964 bits per heavy atom. The molecule has 2 N–H and O–H groups in total. The predicted molar refractivity (Wildman–Crippen MR) is 101 cm³/mol. The quantitative estimate of drug-likeness (QED) is 0.751. The summed E-state index contributed by atoms with van der Waals surface area (Å²) in [5, 5.41) is 11.6. The van der Waals surface area contributed by atoms with Crippen LogP contribution < -0.4 is 5.32 Å². The van der Waals surface area contributed by atoms with E-state index in [9.17, 15) is 18.0 Å². The average molecular weight is 404 g/mol. The first-order valence-corrected chi connectivity index (χ1v) is 10.1. The first-order chi connectivity index (χ1) is 13.4. The Bertz CT molecular complexity index is 949. The molecule has 0 aliphatic carbocycles. The van der Waals surface area contributed by atoms with Crippen molar-refractivity contribution in [3.63, 3.8) is 0 Å². The maximum Gasteiger partial charge on any atom is 0.335 e. The number of carbonyl (C=O) groups excluding carboxylic acids is 1. The Kier molecular flexibility index (Phi) is 6.08. The van der Waals surface area contributed by atoms with Gasteiger partial charge in [-0.15, -0.1) is 0 Å². The number of ether oxygens (including phenoxy) is 1. The third-order valence-electron chi connectivity index (χ3n) is 4.38. The molecule has 28 heavy (non-hydrogen) atoms. The fraction of sp³-hybridized carbons (Fsp3) is 0.263. The van der Waals surface area contributed by atoms with Crippen molar-refractivity contribution in [1.82, 2.24) is 9.62 Å². The van der Waals surface area contributed by atoms with E-state index in [-0.39, 0.29) is 22.9 Å². The lowest BCUT2D eigenvalue weighted by Gasteiger charge is -2.26. The Labute approximate surface area is 162 Å². The van der Waals surface area contributed by atoms with E-state index in [0.29, 0.717) is 31.9 Å². The molecular formula is C19H20N2O6S. The minimum absolute atomic E-state index is 0.134. The number of nitrogens with one attached hydrogen (secondary N) is 1. The lowest BCUT2D eigenvalue weighted by molar-refractivity contribution is 0.0696. The molecule has 1 heterocycles. The van der Waals surface area contributed by atoms with Crippen LogP contribution in [-0.4, -0.2) is 56.0 Å². The monoisotopic (exact) mass is 404 g/mol. The highest BCUT2D eigenvalue weighted by Gasteiger charge is 2.26. The van der Waals surface area contributed by atoms with E-state index < -0.39 is 16.0 Å². The maximum atomic E-state index is 12.6. The Hall–Kier alpha value is -2.75. The normalized spacial score (nSPS) is 15.1. The molecule has 1 aliphatic rings. The molecule has 1 amide bonds. The number of carboxylic acid groups (broad SMARTS) is 1. The van der Waals surface area contributed by atoms with E-state index in [2.05, 4.69) is 5.32 Å². The van der Waals surface area contributed by atoms with E-state index in [1.54, 1.807) is 12.1 Å². The van der Waals surface area contributed by atoms with Crippen LogP contribution in [0.25, 0.3) is 0 Å². The Balaban J connectivity index is 1.62. The van der Waals surface area contributed by atoms with Crippen LogP contribution in [0.1, 0.15) is 26.3 Å². The molecule has 3 rings (SSSR count). The minimum Gasteiger partial charge on any atom is -0.478 e. The molecule has 0 spiro atoms. The van der Waals surface area contributed by atoms with E-state index >= 15 is 0 Å². The molecule has 0 aromatic heterocycles. The molecule has 1 aliphatic heterocycles. The van der Waals surface area contributed by atoms with Crippen molar-refractivity contribution in [3.05, 3.63) is 65.2 Å². The second kappa shape index (κ2) is 8.51. The van der Waals surface area contributed by atoms with Crippen LogP contribution in [0.3, 0.4) is 0 Å². The SMILES string of the molecule is O=C(O)c1ccc(CNC(=O)c2ccc(S(=O)(=O)N3CCOCC3)cc2)cc1. The number of sulfonamides is 1. The number of morpholine rings is 1. The van der Waals surface area contributed by atoms with Crippen LogP contribution in [0, 0.1) is 0 Å². The summed E-state index contributed by atoms with van der Waals surface area (Å²) in [6.07, 6.45) is 0. The number of benzene rings is 2. The van der Waals surface area contributed by atoms with Gasteiger partial charge in [0, 0.05) is 25.2 Å². The van der Waals surface area contributed by atoms with Crippen molar-refractivity contribution in [2.75, 3.05) is 26.3 Å². The maximum absolute atomic E-state index is 12.6. The number of amides is 1. The van der Waals surface area contributed by atoms with Gasteiger partial charge in [0.25, 0.3) is 5.91 Å². The van der Waals surface area contributed by atoms with E-state index in [1.807, 2.05) is 0 Å². The molecule has 0 saturated carbocycles. The summed E-state index contributed by atoms with van der Waals surface area (Å²) < 4.78 is 31.7. The number of carboxylic acids is 1. The number of carbonyl (C=O) groups is 2. The second-order valence-electron chi connectivity index (χ2n) is 6.23. The Morgan fingerprint density at radius 3 is 2.11 bits per heavy atom. The number of rotatable bonds is 6. The standard InChI is InChI=1S/C19H20N2O6S/c22-18(20-13-14-1-3-16(4-2-14)19(23)24)15-5-7-17(8-6-15)28(25,26)21-9-11-27-12-10-21/h1-8H,9-13H2,(H,20,22)(H,23,24). The predicted octanol–water partition coefficient (Wildman–Crippen LogP) is 1.34. The summed E-state index contributed by atoms with van der Waals surface area (Å²) in [6.45, 7) is 1.59. The number of nitrogens with zero attached hydrogens (tertiary/aromatic N) is 1. The topological polar surface area (TPSA) is 113 Å². The fourth-order valence-electron chi connectivity index (χ4n) is 2.76. The van der Waals surface area contributed by atoms with Gasteiger partial charge in [0.1, 0.15) is 0 Å². The van der Waals surface area contributed by atoms with Gasteiger partial charge < -0.3 is 15.2 Å². The van der Waals surface area contributed by atoms with Gasteiger partial charge in [0.05, 0.1) is 23.7 Å². The van der Waals surface area contributed by atoms with Crippen LogP contribution in [-0.2, 0) is 21.3 Å². The first-order valence-electron chi connectivity index (χ1n) is 8.66. The summed E-state index contributed by atoms with van der Waals surface area (Å²) in [4.78, 5) is 23.2. The van der Waals surface area contributed by atoms with Crippen LogP contribution in [0.2, 0.25) is 0 Å². The molecule has 2 aromatic rings. The van der Waals surface area contributed by atoms with Gasteiger partial charge in [-0.25, -0.2) is 13.2 Å². The van der Waals surface area contributed by atoms with Crippen molar-refractivity contribution in [2.24, 2.45) is 0 Å². The molecule has 0 bridgehead atoms. The molecule has 0 unspecified atom stereocenters. The Morgan fingerprint density at radius 2 is 1.54 bits per heavy atom. The lowest BCUT2D eigenvalue weighted by atomic mass is 10.1. The summed E-state index contributed by atoms with van der Waals surface area (Å²) in [6, 6.07) is 12.0. The molecule has 2 aromatic carbocycles. The first kappa shape index (κ1) is 20.0. The number of hydrogen-bond donors (Lipinski definition) is 2. The summed E-state index contributed by atoms with van der Waals surface area (Å²) in [7, 11) is -3.60. The third-order valence-corrected chi connectivity index (χ3v) is 6.29. The molecule has 8 nitrogen and oxygen atoms in total. The molecule has 9 heteroatoms. The number of hydrogen-bond acceptors (Lipinski definition) is 5. The minimum atomic E-state index is -3.60. The lowest BCUT2D eigenvalue weighted by Crippen LogP contribution is -2.40. The zero-order valence-electron chi connectivity index (χ0n) is 15.0.